The molecule has 3 aromatic rings. The number of nitrogens with one attached hydrogen (secondary N) is 2. The number of H-pyrrole nitrogens is 1. The van der Waals surface area contributed by atoms with Gasteiger partial charge in [0.2, 0.25) is 0 Å². The maximum Gasteiger partial charge on any atom is 0.269 e. The van der Waals surface area contributed by atoms with Crippen LogP contribution in [0.1, 0.15) is 16.1 Å². The molecule has 24 heavy (non-hydrogen) atoms. The number of hydrogen-bond donors (Lipinski definition) is 2. The molecule has 1 heterocycles. The highest BCUT2D eigenvalue weighted by molar-refractivity contribution is 5.93. The van der Waals surface area contributed by atoms with Gasteiger partial charge in [-0.05, 0) is 48.0 Å². The number of amides is 1. The maximum atomic E-state index is 13.1. The minimum Gasteiger partial charge on any atom is -0.347 e. The molecule has 4 nitrogen and oxygen atoms in total. The Morgan fingerprint density at radius 1 is 0.958 bits per heavy atom. The van der Waals surface area contributed by atoms with Gasteiger partial charge in [0.25, 0.3) is 5.91 Å². The molecule has 0 radical (unpaired) electrons. The molecule has 0 spiro atoms. The van der Waals surface area contributed by atoms with Gasteiger partial charge in [0.05, 0.1) is 5.69 Å². The standard InChI is InChI=1S/C17H12F3N3O/c18-12-3-1-11(2-4-12)15-8-16(23-22-15)17(24)21-9-10-5-13(19)7-14(20)6-10/h1-8H,9H2,(H,21,24)(H,22,23). The zero-order valence-electron chi connectivity index (χ0n) is 12.3. The second-order valence-electron chi connectivity index (χ2n) is 5.13. The third-order valence-electron chi connectivity index (χ3n) is 3.34. The first-order valence-corrected chi connectivity index (χ1v) is 7.06. The number of carbonyl (C=O) groups is 1. The summed E-state index contributed by atoms with van der Waals surface area (Å²) in [6.07, 6.45) is 0. The van der Waals surface area contributed by atoms with Crippen molar-refractivity contribution in [1.29, 1.82) is 0 Å². The summed E-state index contributed by atoms with van der Waals surface area (Å²) in [5, 5.41) is 9.11. The molecule has 0 aliphatic rings. The van der Waals surface area contributed by atoms with Crippen LogP contribution < -0.4 is 5.32 Å². The molecular formula is C17H12F3N3O. The summed E-state index contributed by atoms with van der Waals surface area (Å²) < 4.78 is 39.1. The van der Waals surface area contributed by atoms with Gasteiger partial charge in [-0.3, -0.25) is 9.89 Å². The molecular weight excluding hydrogens is 319 g/mol. The highest BCUT2D eigenvalue weighted by Crippen LogP contribution is 2.18. The number of aromatic amines is 1. The highest BCUT2D eigenvalue weighted by atomic mass is 19.1. The second kappa shape index (κ2) is 6.57. The van der Waals surface area contributed by atoms with Crippen molar-refractivity contribution in [1.82, 2.24) is 15.5 Å². The Bertz CT molecular complexity index is 855. The Morgan fingerprint density at radius 3 is 2.29 bits per heavy atom. The van der Waals surface area contributed by atoms with Crippen LogP contribution in [0.3, 0.4) is 0 Å². The Balaban J connectivity index is 1.68. The van der Waals surface area contributed by atoms with Crippen LogP contribution in [0, 0.1) is 17.5 Å². The molecule has 0 atom stereocenters. The van der Waals surface area contributed by atoms with Crippen LogP contribution in [0.2, 0.25) is 0 Å². The SMILES string of the molecule is O=C(NCc1cc(F)cc(F)c1)c1cc(-c2ccc(F)cc2)n[nH]1. The van der Waals surface area contributed by atoms with Gasteiger partial charge in [-0.2, -0.15) is 5.10 Å². The molecule has 0 bridgehead atoms. The van der Waals surface area contributed by atoms with Crippen molar-refractivity contribution in [3.63, 3.8) is 0 Å². The average Bonchev–Trinajstić information content (AvgIpc) is 3.02. The lowest BCUT2D eigenvalue weighted by Gasteiger charge is -2.04. The lowest BCUT2D eigenvalue weighted by molar-refractivity contribution is 0.0945. The summed E-state index contributed by atoms with van der Waals surface area (Å²) in [7, 11) is 0. The molecule has 0 saturated heterocycles. The molecule has 7 heteroatoms. The van der Waals surface area contributed by atoms with E-state index in [1.54, 1.807) is 12.1 Å². The van der Waals surface area contributed by atoms with Crippen molar-refractivity contribution in [3.8, 4) is 11.3 Å². The number of halogens is 3. The van der Waals surface area contributed by atoms with Crippen molar-refractivity contribution in [2.45, 2.75) is 6.54 Å². The van der Waals surface area contributed by atoms with Gasteiger partial charge in [0, 0.05) is 18.2 Å². The van der Waals surface area contributed by atoms with Crippen LogP contribution in [0.25, 0.3) is 11.3 Å². The fraction of sp³-hybridized carbons (Fsp3) is 0.0588. The van der Waals surface area contributed by atoms with Crippen LogP contribution >= 0.6 is 0 Å². The van der Waals surface area contributed by atoms with Gasteiger partial charge >= 0.3 is 0 Å². The molecule has 1 aromatic heterocycles. The molecule has 0 aliphatic carbocycles. The molecule has 122 valence electrons. The number of rotatable bonds is 4. The molecule has 0 aliphatic heterocycles. The van der Waals surface area contributed by atoms with Crippen LogP contribution in [0.4, 0.5) is 13.2 Å². The van der Waals surface area contributed by atoms with Crippen molar-refractivity contribution >= 4 is 5.91 Å². The largest absolute Gasteiger partial charge is 0.347 e. The van der Waals surface area contributed by atoms with Crippen LogP contribution in [-0.2, 0) is 6.54 Å². The third-order valence-corrected chi connectivity index (χ3v) is 3.34. The number of hydrogen-bond acceptors (Lipinski definition) is 2. The molecule has 2 N–H and O–H groups in total. The highest BCUT2D eigenvalue weighted by Gasteiger charge is 2.11. The van der Waals surface area contributed by atoms with Crippen molar-refractivity contribution in [2.24, 2.45) is 0 Å². The molecule has 1 amide bonds. The molecule has 0 unspecified atom stereocenters. The number of aromatic nitrogens is 2. The van der Waals surface area contributed by atoms with E-state index >= 15 is 0 Å². The summed E-state index contributed by atoms with van der Waals surface area (Å²) >= 11 is 0. The van der Waals surface area contributed by atoms with Crippen molar-refractivity contribution in [2.75, 3.05) is 0 Å². The summed E-state index contributed by atoms with van der Waals surface area (Å²) in [6.45, 7) is -0.0294. The lowest BCUT2D eigenvalue weighted by Crippen LogP contribution is -2.23. The van der Waals surface area contributed by atoms with Crippen molar-refractivity contribution < 1.29 is 18.0 Å². The monoisotopic (exact) mass is 331 g/mol. The molecule has 0 saturated carbocycles. The van der Waals surface area contributed by atoms with Crippen LogP contribution in [0.15, 0.2) is 48.5 Å². The Kier molecular flexibility index (Phi) is 4.33. The Labute approximate surface area is 135 Å². The van der Waals surface area contributed by atoms with Gasteiger partial charge < -0.3 is 5.32 Å². The van der Waals surface area contributed by atoms with E-state index in [0.717, 1.165) is 18.2 Å². The molecule has 3 rings (SSSR count). The normalized spacial score (nSPS) is 10.6. The van der Waals surface area contributed by atoms with Gasteiger partial charge in [-0.1, -0.05) is 0 Å². The van der Waals surface area contributed by atoms with Crippen molar-refractivity contribution in [3.05, 3.63) is 77.2 Å². The van der Waals surface area contributed by atoms with E-state index < -0.39 is 17.5 Å². The fourth-order valence-corrected chi connectivity index (χ4v) is 2.20. The minimum atomic E-state index is -0.709. The fourth-order valence-electron chi connectivity index (χ4n) is 2.20. The van der Waals surface area contributed by atoms with Crippen LogP contribution in [0.5, 0.6) is 0 Å². The smallest absolute Gasteiger partial charge is 0.269 e. The summed E-state index contributed by atoms with van der Waals surface area (Å²) in [5.74, 6) is -2.26. The third kappa shape index (κ3) is 3.62. The van der Waals surface area contributed by atoms with Gasteiger partial charge in [0.1, 0.15) is 23.1 Å². The van der Waals surface area contributed by atoms with E-state index in [2.05, 4.69) is 15.5 Å². The average molecular weight is 331 g/mol. The van der Waals surface area contributed by atoms with Gasteiger partial charge in [0.15, 0.2) is 0 Å². The lowest BCUT2D eigenvalue weighted by atomic mass is 10.1. The Hall–Kier alpha value is -3.09. The van der Waals surface area contributed by atoms with Gasteiger partial charge in [-0.25, -0.2) is 13.2 Å². The summed E-state index contributed by atoms with van der Waals surface area (Å²) in [4.78, 5) is 12.1. The number of carbonyl (C=O) groups excluding carboxylic acids is 1. The first-order valence-electron chi connectivity index (χ1n) is 7.06. The number of benzene rings is 2. The minimum absolute atomic E-state index is 0.0294. The predicted octanol–water partition coefficient (Wildman–Crippen LogP) is 3.42. The zero-order valence-corrected chi connectivity index (χ0v) is 12.3. The topological polar surface area (TPSA) is 57.8 Å². The van der Waals surface area contributed by atoms with E-state index in [1.807, 2.05) is 0 Å². The first-order chi connectivity index (χ1) is 11.5. The molecule has 2 aromatic carbocycles. The van der Waals surface area contributed by atoms with E-state index in [1.165, 1.54) is 18.2 Å². The summed E-state index contributed by atoms with van der Waals surface area (Å²) in [6, 6.07) is 10.2. The first kappa shape index (κ1) is 15.8. The van der Waals surface area contributed by atoms with E-state index in [-0.39, 0.29) is 18.1 Å². The quantitative estimate of drug-likeness (QED) is 0.769. The van der Waals surface area contributed by atoms with E-state index in [0.29, 0.717) is 16.8 Å². The summed E-state index contributed by atoms with van der Waals surface area (Å²) in [5.41, 5.74) is 1.63. The van der Waals surface area contributed by atoms with E-state index in [4.69, 9.17) is 0 Å². The van der Waals surface area contributed by atoms with E-state index in [9.17, 15) is 18.0 Å². The zero-order chi connectivity index (χ0) is 17.1. The predicted molar refractivity (Wildman–Crippen MR) is 81.5 cm³/mol. The second-order valence-corrected chi connectivity index (χ2v) is 5.13. The maximum absolute atomic E-state index is 13.1. The number of nitrogens with zero attached hydrogens (tertiary/aromatic N) is 1. The molecule has 0 fully saturated rings. The van der Waals surface area contributed by atoms with Gasteiger partial charge in [-0.15, -0.1) is 0 Å². The Morgan fingerprint density at radius 2 is 1.62 bits per heavy atom. The van der Waals surface area contributed by atoms with Crippen LogP contribution in [-0.4, -0.2) is 16.1 Å².